The lowest BCUT2D eigenvalue weighted by Crippen LogP contribution is -2.42. The topological polar surface area (TPSA) is 106 Å². The molecule has 1 aliphatic rings. The monoisotopic (exact) mass is 363 g/mol. The van der Waals surface area contributed by atoms with Gasteiger partial charge in [-0.2, -0.15) is 0 Å². The fourth-order valence-electron chi connectivity index (χ4n) is 3.08. The molecular formula is C18H25N3O5. The number of rotatable bonds is 7. The first-order valence-electron chi connectivity index (χ1n) is 8.70. The minimum atomic E-state index is -1.10. The van der Waals surface area contributed by atoms with Crippen molar-refractivity contribution in [3.8, 4) is 0 Å². The van der Waals surface area contributed by atoms with E-state index in [2.05, 4.69) is 18.8 Å². The Morgan fingerprint density at radius 3 is 2.69 bits per heavy atom. The molecule has 0 bridgehead atoms. The number of nitrogens with zero attached hydrogens (tertiary/aromatic N) is 3. The molecule has 1 fully saturated rings. The first kappa shape index (κ1) is 19.8. The first-order chi connectivity index (χ1) is 12.3. The normalized spacial score (nSPS) is 15.9. The summed E-state index contributed by atoms with van der Waals surface area (Å²) in [4.78, 5) is 28.4. The summed E-state index contributed by atoms with van der Waals surface area (Å²) in [6.45, 7) is 7.64. The Kier molecular flexibility index (Phi) is 6.68. The van der Waals surface area contributed by atoms with Crippen LogP contribution in [0.1, 0.15) is 39.2 Å². The van der Waals surface area contributed by atoms with Gasteiger partial charge in [0.15, 0.2) is 0 Å². The molecule has 0 saturated carbocycles. The smallest absolute Gasteiger partial charge is 0.328 e. The first-order valence-corrected chi connectivity index (χ1v) is 8.70. The molecule has 26 heavy (non-hydrogen) atoms. The zero-order valence-corrected chi connectivity index (χ0v) is 15.3. The van der Waals surface area contributed by atoms with Crippen LogP contribution in [0.4, 0.5) is 11.5 Å². The van der Waals surface area contributed by atoms with E-state index in [1.54, 1.807) is 6.92 Å². The zero-order valence-electron chi connectivity index (χ0n) is 15.3. The average molecular weight is 363 g/mol. The van der Waals surface area contributed by atoms with Crippen molar-refractivity contribution in [2.24, 2.45) is 5.92 Å². The Labute approximate surface area is 152 Å². The van der Waals surface area contributed by atoms with Crippen molar-refractivity contribution in [1.29, 1.82) is 0 Å². The van der Waals surface area contributed by atoms with Crippen LogP contribution in [0.25, 0.3) is 5.57 Å². The number of pyridine rings is 1. The number of aromatic nitrogens is 1. The van der Waals surface area contributed by atoms with E-state index >= 15 is 0 Å². The van der Waals surface area contributed by atoms with Gasteiger partial charge in [0.1, 0.15) is 0 Å². The Hall–Kier alpha value is -2.48. The molecule has 2 rings (SSSR count). The van der Waals surface area contributed by atoms with Crippen LogP contribution in [0.3, 0.4) is 0 Å². The Balaban J connectivity index is 2.46. The number of anilines is 1. The van der Waals surface area contributed by atoms with E-state index in [1.807, 2.05) is 4.90 Å². The maximum atomic E-state index is 11.7. The molecule has 2 heterocycles. The number of allylic oxidation sites excluding steroid dienone is 1. The third kappa shape index (κ3) is 5.01. The second-order valence-corrected chi connectivity index (χ2v) is 6.88. The second kappa shape index (κ2) is 8.75. The molecule has 8 heteroatoms. The van der Waals surface area contributed by atoms with Crippen molar-refractivity contribution in [3.63, 3.8) is 0 Å². The van der Waals surface area contributed by atoms with E-state index < -0.39 is 10.9 Å². The number of hydrogen-bond acceptors (Lipinski definition) is 6. The Morgan fingerprint density at radius 2 is 2.15 bits per heavy atom. The van der Waals surface area contributed by atoms with Gasteiger partial charge in [-0.05, 0) is 31.3 Å². The molecule has 0 atom stereocenters. The second-order valence-electron chi connectivity index (χ2n) is 6.88. The van der Waals surface area contributed by atoms with Crippen LogP contribution < -0.4 is 4.90 Å². The maximum Gasteiger partial charge on any atom is 0.328 e. The third-order valence-electron chi connectivity index (χ3n) is 4.30. The summed E-state index contributed by atoms with van der Waals surface area (Å²) in [6.07, 6.45) is 4.12. The largest absolute Gasteiger partial charge is 0.478 e. The quantitative estimate of drug-likeness (QED) is 0.451. The highest BCUT2D eigenvalue weighted by atomic mass is 16.6. The van der Waals surface area contributed by atoms with Gasteiger partial charge in [0.25, 0.3) is 0 Å². The summed E-state index contributed by atoms with van der Waals surface area (Å²) < 4.78 is 5.41. The van der Waals surface area contributed by atoms with E-state index in [-0.39, 0.29) is 11.7 Å². The number of carboxylic acid groups (broad SMARTS) is 1. The van der Waals surface area contributed by atoms with Gasteiger partial charge in [0.05, 0.1) is 4.92 Å². The van der Waals surface area contributed by atoms with Crippen molar-refractivity contribution >= 4 is 23.0 Å². The van der Waals surface area contributed by atoms with Crippen molar-refractivity contribution < 1.29 is 19.6 Å². The van der Waals surface area contributed by atoms with Crippen molar-refractivity contribution in [3.05, 3.63) is 34.0 Å². The van der Waals surface area contributed by atoms with E-state index in [1.165, 1.54) is 12.3 Å². The molecule has 0 aromatic carbocycles. The fraction of sp³-hybridized carbons (Fsp3) is 0.556. The molecule has 0 spiro atoms. The summed E-state index contributed by atoms with van der Waals surface area (Å²) in [5, 5.41) is 20.6. The average Bonchev–Trinajstić information content (AvgIpc) is 2.59. The molecule has 0 radical (unpaired) electrons. The van der Waals surface area contributed by atoms with E-state index in [9.17, 15) is 14.9 Å². The minimum Gasteiger partial charge on any atom is -0.478 e. The summed E-state index contributed by atoms with van der Waals surface area (Å²) in [7, 11) is 0. The van der Waals surface area contributed by atoms with E-state index in [0.717, 1.165) is 18.9 Å². The highest BCUT2D eigenvalue weighted by molar-refractivity contribution is 5.89. The van der Waals surface area contributed by atoms with Crippen LogP contribution in [-0.4, -0.2) is 46.8 Å². The molecule has 0 aliphatic carbocycles. The van der Waals surface area contributed by atoms with Gasteiger partial charge in [-0.3, -0.25) is 10.1 Å². The molecule has 1 aliphatic heterocycles. The van der Waals surface area contributed by atoms with Crippen LogP contribution in [0, 0.1) is 16.0 Å². The van der Waals surface area contributed by atoms with Crippen molar-refractivity contribution in [1.82, 2.24) is 4.98 Å². The van der Waals surface area contributed by atoms with Crippen LogP contribution >= 0.6 is 0 Å². The lowest BCUT2D eigenvalue weighted by molar-refractivity contribution is -0.384. The highest BCUT2D eigenvalue weighted by Gasteiger charge is 2.29. The lowest BCUT2D eigenvalue weighted by atomic mass is 10.0. The molecule has 1 saturated heterocycles. The van der Waals surface area contributed by atoms with Gasteiger partial charge < -0.3 is 14.7 Å². The molecule has 0 unspecified atom stereocenters. The van der Waals surface area contributed by atoms with Crippen molar-refractivity contribution in [2.45, 2.75) is 39.7 Å². The number of ether oxygens (including phenoxy) is 1. The Bertz CT molecular complexity index is 696. The van der Waals surface area contributed by atoms with Crippen LogP contribution in [0.2, 0.25) is 0 Å². The predicted molar refractivity (Wildman–Crippen MR) is 98.2 cm³/mol. The van der Waals surface area contributed by atoms with Gasteiger partial charge in [0, 0.05) is 49.7 Å². The Morgan fingerprint density at radius 1 is 1.50 bits per heavy atom. The zero-order chi connectivity index (χ0) is 19.3. The number of nitro groups is 1. The minimum absolute atomic E-state index is 0.104. The van der Waals surface area contributed by atoms with E-state index in [0.29, 0.717) is 42.6 Å². The van der Waals surface area contributed by atoms with Crippen LogP contribution in [0.15, 0.2) is 18.3 Å². The van der Waals surface area contributed by atoms with Crippen LogP contribution in [0.5, 0.6) is 0 Å². The van der Waals surface area contributed by atoms with E-state index in [4.69, 9.17) is 9.84 Å². The van der Waals surface area contributed by atoms with Gasteiger partial charge in [-0.1, -0.05) is 13.8 Å². The summed E-state index contributed by atoms with van der Waals surface area (Å²) >= 11 is 0. The van der Waals surface area contributed by atoms with Gasteiger partial charge in [0.2, 0.25) is 5.82 Å². The lowest BCUT2D eigenvalue weighted by Gasteiger charge is -2.36. The van der Waals surface area contributed by atoms with Crippen LogP contribution in [-0.2, 0) is 9.53 Å². The molecule has 8 nitrogen and oxygen atoms in total. The molecule has 0 amide bonds. The summed E-state index contributed by atoms with van der Waals surface area (Å²) in [6, 6.07) is 1.54. The molecule has 1 aromatic heterocycles. The number of hydrogen-bond donors (Lipinski definition) is 1. The maximum absolute atomic E-state index is 11.7. The summed E-state index contributed by atoms with van der Waals surface area (Å²) in [5.41, 5.74) is 0.744. The number of carboxylic acids is 1. The van der Waals surface area contributed by atoms with Crippen molar-refractivity contribution in [2.75, 3.05) is 24.7 Å². The molecule has 142 valence electrons. The fourth-order valence-corrected chi connectivity index (χ4v) is 3.08. The number of carbonyl (C=O) groups is 1. The third-order valence-corrected chi connectivity index (χ3v) is 4.30. The highest BCUT2D eigenvalue weighted by Crippen LogP contribution is 2.32. The number of aliphatic carboxylic acids is 1. The summed E-state index contributed by atoms with van der Waals surface area (Å²) in [5.74, 6) is -0.451. The SMILES string of the molecule is CC(=CC(=O)O)c1cnc(N(CC(C)C)C2CCOCC2)c([N+](=O)[O-])c1. The molecule has 1 N–H and O–H groups in total. The molecule has 1 aromatic rings. The standard InChI is InChI=1S/C18H25N3O5/c1-12(2)11-20(15-4-6-26-7-5-15)18-16(21(24)25)9-14(10-19-18)13(3)8-17(22)23/h8-10,12,15H,4-7,11H2,1-3H3,(H,22,23). The predicted octanol–water partition coefficient (Wildman–Crippen LogP) is 3.12. The molecular weight excluding hydrogens is 338 g/mol. The van der Waals surface area contributed by atoms with Gasteiger partial charge in [-0.25, -0.2) is 9.78 Å². The van der Waals surface area contributed by atoms with Gasteiger partial charge >= 0.3 is 11.7 Å². The van der Waals surface area contributed by atoms with Gasteiger partial charge in [-0.15, -0.1) is 0 Å².